The Balaban J connectivity index is 1.78. The lowest BCUT2D eigenvalue weighted by Gasteiger charge is -2.37. The minimum atomic E-state index is -0.201. The van der Waals surface area contributed by atoms with Crippen molar-refractivity contribution in [2.24, 2.45) is 0 Å². The van der Waals surface area contributed by atoms with E-state index in [1.54, 1.807) is 6.07 Å². The number of anilines is 1. The van der Waals surface area contributed by atoms with Gasteiger partial charge in [0.05, 0.1) is 17.4 Å². The average molecular weight is 408 g/mol. The third-order valence-electron chi connectivity index (χ3n) is 4.27. The first-order chi connectivity index (χ1) is 11.6. The summed E-state index contributed by atoms with van der Waals surface area (Å²) >= 11 is 4.92. The summed E-state index contributed by atoms with van der Waals surface area (Å²) in [6, 6.07) is 6.89. The molecule has 0 bridgehead atoms. The van der Waals surface area contributed by atoms with E-state index in [0.717, 1.165) is 33.5 Å². The Bertz CT molecular complexity index is 906. The molecule has 8 heteroatoms. The maximum absolute atomic E-state index is 14.2. The van der Waals surface area contributed by atoms with Gasteiger partial charge in [-0.3, -0.25) is 0 Å². The topological polar surface area (TPSA) is 46.8 Å². The van der Waals surface area contributed by atoms with E-state index < -0.39 is 0 Å². The van der Waals surface area contributed by atoms with Gasteiger partial charge >= 0.3 is 0 Å². The van der Waals surface area contributed by atoms with Crippen LogP contribution in [0.25, 0.3) is 10.8 Å². The molecule has 1 aromatic carbocycles. The van der Waals surface area contributed by atoms with E-state index >= 15 is 0 Å². The molecule has 0 saturated carbocycles. The number of para-hydroxylation sites is 1. The normalized spacial score (nSPS) is 17.2. The van der Waals surface area contributed by atoms with Gasteiger partial charge in [0, 0.05) is 13.1 Å². The maximum atomic E-state index is 14.2. The number of nitrogens with zero attached hydrogens (tertiary/aromatic N) is 5. The monoisotopic (exact) mass is 407 g/mol. The molecule has 0 fully saturated rings. The Labute approximate surface area is 151 Å². The third kappa shape index (κ3) is 2.44. The van der Waals surface area contributed by atoms with Crippen molar-refractivity contribution in [1.82, 2.24) is 18.9 Å². The molecule has 5 nitrogen and oxygen atoms in total. The molecule has 3 aromatic rings. The molecular formula is C16H15BrFN5S. The quantitative estimate of drug-likeness (QED) is 0.638. The van der Waals surface area contributed by atoms with Crippen LogP contribution in [0.15, 0.2) is 28.9 Å². The second-order valence-electron chi connectivity index (χ2n) is 5.73. The number of halogens is 2. The summed E-state index contributed by atoms with van der Waals surface area (Å²) in [5.74, 6) is 1.37. The summed E-state index contributed by atoms with van der Waals surface area (Å²) in [6.07, 6.45) is 0. The van der Waals surface area contributed by atoms with Crippen LogP contribution in [0, 0.1) is 12.7 Å². The van der Waals surface area contributed by atoms with E-state index in [1.807, 2.05) is 19.1 Å². The zero-order valence-electron chi connectivity index (χ0n) is 13.2. The Morgan fingerprint density at radius 2 is 2.04 bits per heavy atom. The van der Waals surface area contributed by atoms with Crippen LogP contribution in [0.5, 0.6) is 0 Å². The number of rotatable bonds is 2. The molecule has 0 spiro atoms. The molecule has 0 N–H and O–H groups in total. The molecular weight excluding hydrogens is 393 g/mol. The van der Waals surface area contributed by atoms with Gasteiger partial charge in [0.1, 0.15) is 16.2 Å². The first kappa shape index (κ1) is 15.7. The fraction of sp³-hybridized carbons (Fsp3) is 0.312. The molecule has 1 aliphatic rings. The van der Waals surface area contributed by atoms with Crippen molar-refractivity contribution in [3.8, 4) is 10.8 Å². The lowest BCUT2D eigenvalue weighted by molar-refractivity contribution is 0.499. The molecule has 1 atom stereocenters. The molecule has 124 valence electrons. The average Bonchev–Trinajstić information content (AvgIpc) is 3.13. The summed E-state index contributed by atoms with van der Waals surface area (Å²) in [5, 5.41) is 0.811. The molecule has 2 aromatic heterocycles. The summed E-state index contributed by atoms with van der Waals surface area (Å²) in [7, 11) is 0. The Morgan fingerprint density at radius 3 is 2.75 bits per heavy atom. The van der Waals surface area contributed by atoms with Gasteiger partial charge in [-0.05, 0) is 53.4 Å². The molecule has 1 unspecified atom stereocenters. The lowest BCUT2D eigenvalue weighted by atomic mass is 10.1. The van der Waals surface area contributed by atoms with Crippen LogP contribution in [0.4, 0.5) is 10.1 Å². The van der Waals surface area contributed by atoms with E-state index in [4.69, 9.17) is 0 Å². The van der Waals surface area contributed by atoms with E-state index in [1.165, 1.54) is 17.6 Å². The number of imidazole rings is 1. The van der Waals surface area contributed by atoms with Gasteiger partial charge in [-0.15, -0.1) is 0 Å². The van der Waals surface area contributed by atoms with E-state index in [9.17, 15) is 4.39 Å². The minimum Gasteiger partial charge on any atom is -0.359 e. The molecule has 4 rings (SSSR count). The second kappa shape index (κ2) is 5.93. The van der Waals surface area contributed by atoms with Crippen LogP contribution in [-0.4, -0.2) is 25.5 Å². The first-order valence-corrected chi connectivity index (χ1v) is 9.20. The molecule has 1 aliphatic heterocycles. The predicted octanol–water partition coefficient (Wildman–Crippen LogP) is 4.19. The third-order valence-corrected chi connectivity index (χ3v) is 5.66. The predicted molar refractivity (Wildman–Crippen MR) is 95.7 cm³/mol. The van der Waals surface area contributed by atoms with Gasteiger partial charge in [0.2, 0.25) is 0 Å². The minimum absolute atomic E-state index is 0.000272. The maximum Gasteiger partial charge on any atom is 0.179 e. The highest BCUT2D eigenvalue weighted by atomic mass is 79.9. The molecule has 24 heavy (non-hydrogen) atoms. The van der Waals surface area contributed by atoms with Crippen molar-refractivity contribution < 1.29 is 4.39 Å². The van der Waals surface area contributed by atoms with Crippen molar-refractivity contribution >= 4 is 33.1 Å². The van der Waals surface area contributed by atoms with Crippen molar-refractivity contribution in [3.63, 3.8) is 0 Å². The molecule has 0 radical (unpaired) electrons. The van der Waals surface area contributed by atoms with Crippen molar-refractivity contribution in [2.75, 3.05) is 11.4 Å². The van der Waals surface area contributed by atoms with Gasteiger partial charge < -0.3 is 9.47 Å². The van der Waals surface area contributed by atoms with Gasteiger partial charge in [-0.2, -0.15) is 4.37 Å². The molecule has 0 saturated heterocycles. The number of hydrogen-bond acceptors (Lipinski definition) is 5. The highest BCUT2D eigenvalue weighted by molar-refractivity contribution is 9.10. The number of hydrogen-bond donors (Lipinski definition) is 0. The van der Waals surface area contributed by atoms with E-state index in [0.29, 0.717) is 12.2 Å². The number of benzene rings is 1. The van der Waals surface area contributed by atoms with Crippen molar-refractivity contribution in [1.29, 1.82) is 0 Å². The summed E-state index contributed by atoms with van der Waals surface area (Å²) in [4.78, 5) is 11.2. The van der Waals surface area contributed by atoms with E-state index in [-0.39, 0.29) is 11.9 Å². The van der Waals surface area contributed by atoms with E-state index in [2.05, 4.69) is 46.7 Å². The largest absolute Gasteiger partial charge is 0.359 e. The van der Waals surface area contributed by atoms with Crippen LogP contribution in [0.1, 0.15) is 24.5 Å². The van der Waals surface area contributed by atoms with Crippen LogP contribution >= 0.6 is 27.5 Å². The van der Waals surface area contributed by atoms with Gasteiger partial charge in [0.25, 0.3) is 0 Å². The zero-order chi connectivity index (χ0) is 16.8. The van der Waals surface area contributed by atoms with Crippen molar-refractivity contribution in [2.45, 2.75) is 26.4 Å². The smallest absolute Gasteiger partial charge is 0.179 e. The Morgan fingerprint density at radius 1 is 1.25 bits per heavy atom. The first-order valence-electron chi connectivity index (χ1n) is 7.64. The standard InChI is InChI=1S/C16H15BrFN5S/c1-9-13-14(17)20-15(16-19-10(2)21-24-16)23(13)8-7-22(9)12-6-4-3-5-11(12)18/h3-6,9H,7-8H2,1-2H3. The molecule has 0 amide bonds. The van der Waals surface area contributed by atoms with Crippen molar-refractivity contribution in [3.05, 3.63) is 46.2 Å². The van der Waals surface area contributed by atoms with Crippen LogP contribution in [-0.2, 0) is 6.54 Å². The highest BCUT2D eigenvalue weighted by Crippen LogP contribution is 2.38. The number of aryl methyl sites for hydroxylation is 1. The van der Waals surface area contributed by atoms with Crippen LogP contribution < -0.4 is 4.90 Å². The lowest BCUT2D eigenvalue weighted by Crippen LogP contribution is -2.37. The number of fused-ring (bicyclic) bond motifs is 1. The molecule has 3 heterocycles. The fourth-order valence-electron chi connectivity index (χ4n) is 3.17. The summed E-state index contributed by atoms with van der Waals surface area (Å²) in [6.45, 7) is 5.37. The highest BCUT2D eigenvalue weighted by Gasteiger charge is 2.31. The van der Waals surface area contributed by atoms with Gasteiger partial charge in [0.15, 0.2) is 10.8 Å². The van der Waals surface area contributed by atoms with Crippen LogP contribution in [0.3, 0.4) is 0 Å². The number of aromatic nitrogens is 4. The summed E-state index contributed by atoms with van der Waals surface area (Å²) < 4.78 is 21.4. The van der Waals surface area contributed by atoms with Crippen LogP contribution in [0.2, 0.25) is 0 Å². The zero-order valence-corrected chi connectivity index (χ0v) is 15.6. The second-order valence-corrected chi connectivity index (χ2v) is 7.23. The Kier molecular flexibility index (Phi) is 3.88. The fourth-order valence-corrected chi connectivity index (χ4v) is 4.56. The van der Waals surface area contributed by atoms with Gasteiger partial charge in [-0.25, -0.2) is 14.4 Å². The Hall–Kier alpha value is -1.80. The molecule has 0 aliphatic carbocycles. The van der Waals surface area contributed by atoms with Gasteiger partial charge in [-0.1, -0.05) is 12.1 Å². The summed E-state index contributed by atoms with van der Waals surface area (Å²) in [5.41, 5.74) is 1.66. The SMILES string of the molecule is Cc1nsc(-c2nc(Br)c3n2CCN(c2ccccc2F)C3C)n1.